The van der Waals surface area contributed by atoms with Crippen molar-refractivity contribution in [2.24, 2.45) is 5.14 Å². The summed E-state index contributed by atoms with van der Waals surface area (Å²) in [6.07, 6.45) is 0. The number of halogens is 3. The molecule has 0 aliphatic carbocycles. The Bertz CT molecular complexity index is 1170. The summed E-state index contributed by atoms with van der Waals surface area (Å²) in [5, 5.41) is 14.0. The summed E-state index contributed by atoms with van der Waals surface area (Å²) in [6, 6.07) is 8.96. The van der Waals surface area contributed by atoms with Crippen molar-refractivity contribution in [3.63, 3.8) is 0 Å². The van der Waals surface area contributed by atoms with Gasteiger partial charge in [0.1, 0.15) is 5.75 Å². The van der Waals surface area contributed by atoms with Crippen molar-refractivity contribution in [2.45, 2.75) is 0 Å². The van der Waals surface area contributed by atoms with Crippen molar-refractivity contribution in [1.29, 1.82) is 0 Å². The largest absolute Gasteiger partial charge is 0.503 e. The topological polar surface area (TPSA) is 107 Å². The molecule has 0 bridgehead atoms. The van der Waals surface area contributed by atoms with Crippen molar-refractivity contribution in [2.75, 3.05) is 0 Å². The molecule has 1 aromatic heterocycles. The van der Waals surface area contributed by atoms with Crippen LogP contribution in [0.4, 0.5) is 13.2 Å². The zero-order valence-corrected chi connectivity index (χ0v) is 15.3. The molecule has 3 N–H and O–H groups in total. The molecule has 0 saturated carbocycles. The van der Waals surface area contributed by atoms with Crippen molar-refractivity contribution in [1.82, 2.24) is 0 Å². The highest BCUT2D eigenvalue weighted by Crippen LogP contribution is 2.33. The van der Waals surface area contributed by atoms with Crippen molar-refractivity contribution in [3.05, 3.63) is 70.4 Å². The quantitative estimate of drug-likeness (QED) is 0.478. The van der Waals surface area contributed by atoms with Gasteiger partial charge in [-0.05, 0) is 48.0 Å². The molecule has 0 unspecified atom stereocenters. The lowest BCUT2D eigenvalue weighted by molar-refractivity contribution is 0.103. The Morgan fingerprint density at radius 3 is 2.29 bits per heavy atom. The number of thiophene rings is 1. The molecule has 1 heterocycles. The molecule has 11 heteroatoms. The van der Waals surface area contributed by atoms with Gasteiger partial charge in [-0.1, -0.05) is 0 Å². The van der Waals surface area contributed by atoms with Crippen LogP contribution in [-0.4, -0.2) is 19.3 Å². The molecule has 146 valence electrons. The Hall–Kier alpha value is -2.89. The molecule has 0 fully saturated rings. The predicted octanol–water partition coefficient (Wildman–Crippen LogP) is 3.35. The molecule has 0 spiro atoms. The minimum Gasteiger partial charge on any atom is -0.503 e. The fraction of sp³-hybridized carbons (Fsp3) is 0. The number of phenolic OH excluding ortho intramolecular Hbond substituents is 1. The third kappa shape index (κ3) is 4.01. The first kappa shape index (κ1) is 19.9. The number of aromatic hydroxyl groups is 1. The first-order valence-corrected chi connectivity index (χ1v) is 9.69. The summed E-state index contributed by atoms with van der Waals surface area (Å²) < 4.78 is 66.8. The first-order valence-electron chi connectivity index (χ1n) is 7.40. The van der Waals surface area contributed by atoms with Crippen molar-refractivity contribution < 1.29 is 35.7 Å². The molecular formula is C17H10F3NO5S2. The molecule has 0 saturated heterocycles. The Labute approximate surface area is 160 Å². The number of benzene rings is 2. The number of carbonyl (C=O) groups is 1. The minimum absolute atomic E-state index is 0.0153. The number of hydrogen-bond donors (Lipinski definition) is 2. The van der Waals surface area contributed by atoms with E-state index in [2.05, 4.69) is 4.18 Å². The van der Waals surface area contributed by atoms with Crippen LogP contribution in [0.15, 0.2) is 42.5 Å². The van der Waals surface area contributed by atoms with Gasteiger partial charge in [-0.3, -0.25) is 4.79 Å². The van der Waals surface area contributed by atoms with E-state index >= 15 is 0 Å². The fourth-order valence-corrected chi connectivity index (χ4v) is 3.66. The van der Waals surface area contributed by atoms with Crippen LogP contribution < -0.4 is 9.32 Å². The second-order valence-corrected chi connectivity index (χ2v) is 7.71. The van der Waals surface area contributed by atoms with Gasteiger partial charge in [0.25, 0.3) is 0 Å². The van der Waals surface area contributed by atoms with E-state index in [-0.39, 0.29) is 10.6 Å². The van der Waals surface area contributed by atoms with Crippen LogP contribution in [0.2, 0.25) is 0 Å². The van der Waals surface area contributed by atoms with E-state index < -0.39 is 44.9 Å². The number of carbonyl (C=O) groups excluding carboxylic acids is 1. The van der Waals surface area contributed by atoms with Gasteiger partial charge in [0.15, 0.2) is 17.4 Å². The molecule has 0 amide bonds. The van der Waals surface area contributed by atoms with Gasteiger partial charge in [-0.25, -0.2) is 8.78 Å². The van der Waals surface area contributed by atoms with Crippen LogP contribution in [0, 0.1) is 17.5 Å². The summed E-state index contributed by atoms with van der Waals surface area (Å²) in [5.41, 5.74) is -0.221. The van der Waals surface area contributed by atoms with E-state index in [1.165, 1.54) is 36.4 Å². The monoisotopic (exact) mass is 429 g/mol. The van der Waals surface area contributed by atoms with Gasteiger partial charge in [0.05, 0.1) is 10.4 Å². The summed E-state index contributed by atoms with van der Waals surface area (Å²) >= 11 is 0.935. The fourth-order valence-electron chi connectivity index (χ4n) is 2.31. The maximum atomic E-state index is 13.9. The highest BCUT2D eigenvalue weighted by molar-refractivity contribution is 7.84. The second-order valence-electron chi connectivity index (χ2n) is 5.48. The Kier molecular flexibility index (Phi) is 5.15. The molecule has 28 heavy (non-hydrogen) atoms. The van der Waals surface area contributed by atoms with Gasteiger partial charge in [-0.15, -0.1) is 11.3 Å². The van der Waals surface area contributed by atoms with E-state index in [1.807, 2.05) is 0 Å². The third-order valence-corrected chi connectivity index (χ3v) is 5.12. The van der Waals surface area contributed by atoms with Crippen molar-refractivity contribution in [3.8, 4) is 21.9 Å². The average molecular weight is 429 g/mol. The van der Waals surface area contributed by atoms with E-state index in [4.69, 9.17) is 5.14 Å². The smallest absolute Gasteiger partial charge is 0.380 e. The first-order chi connectivity index (χ1) is 13.1. The molecule has 0 aliphatic rings. The number of phenols is 1. The Morgan fingerprint density at radius 1 is 1.04 bits per heavy atom. The lowest BCUT2D eigenvalue weighted by Crippen LogP contribution is -2.18. The zero-order chi connectivity index (χ0) is 20.6. The van der Waals surface area contributed by atoms with Gasteiger partial charge in [0.2, 0.25) is 11.6 Å². The minimum atomic E-state index is -4.16. The van der Waals surface area contributed by atoms with Gasteiger partial charge >= 0.3 is 10.3 Å². The highest BCUT2D eigenvalue weighted by Gasteiger charge is 2.24. The SMILES string of the molecule is NS(=O)(=O)Oc1ccc(-c2ccc(C(=O)c3cc(F)c(F)c(O)c3F)s2)cc1. The number of ketones is 1. The summed E-state index contributed by atoms with van der Waals surface area (Å²) in [4.78, 5) is 13.0. The maximum Gasteiger partial charge on any atom is 0.380 e. The van der Waals surface area contributed by atoms with E-state index in [0.29, 0.717) is 16.5 Å². The number of rotatable bonds is 5. The van der Waals surface area contributed by atoms with Crippen LogP contribution in [0.3, 0.4) is 0 Å². The zero-order valence-electron chi connectivity index (χ0n) is 13.6. The number of hydrogen-bond acceptors (Lipinski definition) is 6. The van der Waals surface area contributed by atoms with Crippen LogP contribution in [0.5, 0.6) is 11.5 Å². The Balaban J connectivity index is 1.89. The van der Waals surface area contributed by atoms with Gasteiger partial charge in [-0.2, -0.15) is 17.9 Å². The standard InChI is InChI=1S/C17H10F3NO5S2/c18-11-7-10(14(19)17(23)15(11)20)16(22)13-6-5-12(27-13)8-1-3-9(4-2-8)26-28(21,24)25/h1-7,23H,(H2,21,24,25). The number of nitrogens with two attached hydrogens (primary N) is 1. The Morgan fingerprint density at radius 2 is 1.68 bits per heavy atom. The lowest BCUT2D eigenvalue weighted by Gasteiger charge is -2.05. The summed E-state index contributed by atoms with van der Waals surface area (Å²) in [6.45, 7) is 0. The van der Waals surface area contributed by atoms with Crippen LogP contribution in [0.25, 0.3) is 10.4 Å². The van der Waals surface area contributed by atoms with E-state index in [1.54, 1.807) is 0 Å². The third-order valence-electron chi connectivity index (χ3n) is 3.56. The predicted molar refractivity (Wildman–Crippen MR) is 94.9 cm³/mol. The molecule has 0 atom stereocenters. The van der Waals surface area contributed by atoms with E-state index in [9.17, 15) is 31.5 Å². The summed E-state index contributed by atoms with van der Waals surface area (Å²) in [5.74, 6) is -7.39. The van der Waals surface area contributed by atoms with Crippen molar-refractivity contribution >= 4 is 27.4 Å². The van der Waals surface area contributed by atoms with Crippen LogP contribution in [-0.2, 0) is 10.3 Å². The molecular weight excluding hydrogens is 419 g/mol. The summed E-state index contributed by atoms with van der Waals surface area (Å²) in [7, 11) is -4.16. The molecule has 2 aromatic carbocycles. The van der Waals surface area contributed by atoms with Crippen LogP contribution >= 0.6 is 11.3 Å². The van der Waals surface area contributed by atoms with Gasteiger partial charge < -0.3 is 9.29 Å². The lowest BCUT2D eigenvalue weighted by atomic mass is 10.1. The highest BCUT2D eigenvalue weighted by atomic mass is 32.2. The average Bonchev–Trinajstić information content (AvgIpc) is 3.12. The molecule has 3 aromatic rings. The van der Waals surface area contributed by atoms with Gasteiger partial charge in [0, 0.05) is 4.88 Å². The molecule has 3 rings (SSSR count). The van der Waals surface area contributed by atoms with Crippen LogP contribution in [0.1, 0.15) is 15.2 Å². The molecule has 0 aliphatic heterocycles. The molecule has 0 radical (unpaired) electrons. The van der Waals surface area contributed by atoms with E-state index in [0.717, 1.165) is 11.3 Å². The normalized spacial score (nSPS) is 11.4. The molecule has 6 nitrogen and oxygen atoms in total. The maximum absolute atomic E-state index is 13.9. The second kappa shape index (κ2) is 7.26.